The van der Waals surface area contributed by atoms with E-state index in [1.165, 1.54) is 0 Å². The zero-order chi connectivity index (χ0) is 19.8. The van der Waals surface area contributed by atoms with Crippen molar-refractivity contribution in [3.8, 4) is 5.75 Å². The van der Waals surface area contributed by atoms with Crippen LogP contribution < -0.4 is 20.8 Å². The van der Waals surface area contributed by atoms with Crippen LogP contribution in [0, 0.1) is 13.8 Å². The molecule has 0 radical (unpaired) electrons. The summed E-state index contributed by atoms with van der Waals surface area (Å²) in [6.45, 7) is 5.81. The molecule has 8 heteroatoms. The Balaban J connectivity index is 1.83. The Hall–Kier alpha value is -3.29. The molecule has 3 amide bonds. The highest BCUT2D eigenvalue weighted by Gasteiger charge is 2.10. The van der Waals surface area contributed by atoms with Crippen LogP contribution in [-0.4, -0.2) is 42.1 Å². The van der Waals surface area contributed by atoms with Gasteiger partial charge in [0.2, 0.25) is 5.91 Å². The number of likely N-dealkylation sites (N-methyl/N-ethyl adjacent to an activating group) is 1. The molecule has 0 unspecified atom stereocenters. The van der Waals surface area contributed by atoms with Crippen LogP contribution in [0.3, 0.4) is 0 Å². The molecule has 0 atom stereocenters. The Bertz CT molecular complexity index is 792. The molecular weight excluding hydrogens is 348 g/mol. The summed E-state index contributed by atoms with van der Waals surface area (Å²) in [7, 11) is 0. The fraction of sp³-hybridized carbons (Fsp3) is 0.316. The van der Waals surface area contributed by atoms with Gasteiger partial charge >= 0.3 is 0 Å². The molecule has 0 bridgehead atoms. The van der Waals surface area contributed by atoms with Crippen molar-refractivity contribution in [2.75, 3.05) is 25.1 Å². The second kappa shape index (κ2) is 9.42. The van der Waals surface area contributed by atoms with E-state index in [9.17, 15) is 14.4 Å². The van der Waals surface area contributed by atoms with Crippen LogP contribution in [0.25, 0.3) is 0 Å². The molecule has 3 N–H and O–H groups in total. The Morgan fingerprint density at radius 2 is 1.56 bits per heavy atom. The highest BCUT2D eigenvalue weighted by molar-refractivity contribution is 6.00. The summed E-state index contributed by atoms with van der Waals surface area (Å²) in [5.74, 6) is -0.451. The van der Waals surface area contributed by atoms with Gasteiger partial charge in [0.15, 0.2) is 6.61 Å². The van der Waals surface area contributed by atoms with Crippen LogP contribution in [0.15, 0.2) is 36.4 Å². The molecule has 2 aromatic rings. The number of nitrogens with one attached hydrogen (secondary N) is 3. The molecule has 0 saturated heterocycles. The summed E-state index contributed by atoms with van der Waals surface area (Å²) >= 11 is 0. The highest BCUT2D eigenvalue weighted by atomic mass is 16.5. The number of benzene rings is 1. The maximum atomic E-state index is 12.3. The average Bonchev–Trinajstić information content (AvgIpc) is 2.97. The van der Waals surface area contributed by atoms with Crippen molar-refractivity contribution in [3.63, 3.8) is 0 Å². The first-order chi connectivity index (χ1) is 12.9. The summed E-state index contributed by atoms with van der Waals surface area (Å²) in [4.78, 5) is 35.3. The fourth-order valence-electron chi connectivity index (χ4n) is 2.35. The number of amides is 3. The monoisotopic (exact) mass is 372 g/mol. The maximum Gasteiger partial charge on any atom is 0.270 e. The molecule has 0 fully saturated rings. The molecule has 1 aromatic heterocycles. The predicted octanol–water partition coefficient (Wildman–Crippen LogP) is 1.12. The van der Waals surface area contributed by atoms with E-state index in [-0.39, 0.29) is 25.0 Å². The molecule has 27 heavy (non-hydrogen) atoms. The molecule has 0 aliphatic heterocycles. The molecule has 8 nitrogen and oxygen atoms in total. The van der Waals surface area contributed by atoms with Crippen LogP contribution in [0.5, 0.6) is 5.75 Å². The van der Waals surface area contributed by atoms with E-state index in [0.29, 0.717) is 17.9 Å². The van der Waals surface area contributed by atoms with Crippen LogP contribution >= 0.6 is 0 Å². The summed E-state index contributed by atoms with van der Waals surface area (Å²) in [5, 5.41) is 5.04. The lowest BCUT2D eigenvalue weighted by Gasteiger charge is -2.12. The first-order valence-electron chi connectivity index (χ1n) is 8.63. The van der Waals surface area contributed by atoms with Gasteiger partial charge in [-0.15, -0.1) is 0 Å². The van der Waals surface area contributed by atoms with Gasteiger partial charge in [-0.25, -0.2) is 0 Å². The lowest BCUT2D eigenvalue weighted by atomic mass is 10.2. The summed E-state index contributed by atoms with van der Waals surface area (Å²) in [5.41, 5.74) is 5.15. The number of aryl methyl sites for hydroxylation is 2. The summed E-state index contributed by atoms with van der Waals surface area (Å²) in [6, 6.07) is 10.3. The van der Waals surface area contributed by atoms with E-state index in [0.717, 1.165) is 11.4 Å². The van der Waals surface area contributed by atoms with Crippen molar-refractivity contribution in [2.45, 2.75) is 20.8 Å². The van der Waals surface area contributed by atoms with Gasteiger partial charge < -0.3 is 15.4 Å². The van der Waals surface area contributed by atoms with E-state index < -0.39 is 5.91 Å². The molecule has 0 saturated carbocycles. The largest absolute Gasteiger partial charge is 0.484 e. The van der Waals surface area contributed by atoms with E-state index in [1.807, 2.05) is 26.0 Å². The van der Waals surface area contributed by atoms with Crippen LogP contribution in [0.2, 0.25) is 0 Å². The van der Waals surface area contributed by atoms with Gasteiger partial charge in [-0.05, 0) is 57.2 Å². The SMILES string of the molecule is CCNC(=O)CNC(=O)COc1ccc(C(=O)Nn2c(C)ccc2C)cc1. The number of carbonyl (C=O) groups excluding carboxylic acids is 3. The maximum absolute atomic E-state index is 12.3. The average molecular weight is 372 g/mol. The number of rotatable bonds is 8. The Kier molecular flexibility index (Phi) is 6.99. The molecule has 2 rings (SSSR count). The summed E-state index contributed by atoms with van der Waals surface area (Å²) in [6.07, 6.45) is 0. The van der Waals surface area contributed by atoms with Crippen molar-refractivity contribution in [2.24, 2.45) is 0 Å². The smallest absolute Gasteiger partial charge is 0.270 e. The van der Waals surface area contributed by atoms with E-state index >= 15 is 0 Å². The highest BCUT2D eigenvalue weighted by Crippen LogP contribution is 2.13. The van der Waals surface area contributed by atoms with Gasteiger partial charge in [0.25, 0.3) is 11.8 Å². The molecule has 0 aliphatic carbocycles. The van der Waals surface area contributed by atoms with Gasteiger partial charge in [0.1, 0.15) is 5.75 Å². The third-order valence-corrected chi connectivity index (χ3v) is 3.79. The fourth-order valence-corrected chi connectivity index (χ4v) is 2.35. The Labute approximate surface area is 157 Å². The zero-order valence-corrected chi connectivity index (χ0v) is 15.7. The van der Waals surface area contributed by atoms with Gasteiger partial charge in [-0.1, -0.05) is 0 Å². The second-order valence-corrected chi connectivity index (χ2v) is 5.94. The zero-order valence-electron chi connectivity index (χ0n) is 15.7. The normalized spacial score (nSPS) is 10.2. The number of hydrogen-bond donors (Lipinski definition) is 3. The van der Waals surface area contributed by atoms with Crippen LogP contribution in [0.1, 0.15) is 28.7 Å². The third kappa shape index (κ3) is 5.88. The van der Waals surface area contributed by atoms with Crippen molar-refractivity contribution < 1.29 is 19.1 Å². The van der Waals surface area contributed by atoms with Crippen LogP contribution in [0.4, 0.5) is 0 Å². The lowest BCUT2D eigenvalue weighted by molar-refractivity contribution is -0.127. The van der Waals surface area contributed by atoms with Gasteiger partial charge in [-0.2, -0.15) is 0 Å². The van der Waals surface area contributed by atoms with Gasteiger partial charge in [0.05, 0.1) is 6.54 Å². The van der Waals surface area contributed by atoms with Gasteiger partial charge in [-0.3, -0.25) is 24.5 Å². The van der Waals surface area contributed by atoms with Gasteiger partial charge in [0, 0.05) is 23.5 Å². The van der Waals surface area contributed by atoms with Crippen molar-refractivity contribution in [1.29, 1.82) is 0 Å². The summed E-state index contributed by atoms with van der Waals surface area (Å²) < 4.78 is 7.07. The van der Waals surface area contributed by atoms with E-state index in [2.05, 4.69) is 16.1 Å². The Morgan fingerprint density at radius 3 is 2.15 bits per heavy atom. The molecule has 0 aliphatic rings. The minimum atomic E-state index is -0.401. The molecule has 1 heterocycles. The number of aromatic nitrogens is 1. The molecular formula is C19H24N4O4. The van der Waals surface area contributed by atoms with Crippen molar-refractivity contribution in [1.82, 2.24) is 15.3 Å². The van der Waals surface area contributed by atoms with E-state index in [1.54, 1.807) is 35.9 Å². The standard InChI is InChI=1S/C19H24N4O4/c1-4-20-17(24)11-21-18(25)12-27-16-9-7-15(8-10-16)19(26)22-23-13(2)5-6-14(23)3/h5-10H,4,11-12H2,1-3H3,(H,20,24)(H,21,25)(H,22,26). The molecule has 144 valence electrons. The molecule has 0 spiro atoms. The van der Waals surface area contributed by atoms with Crippen LogP contribution in [-0.2, 0) is 9.59 Å². The lowest BCUT2D eigenvalue weighted by Crippen LogP contribution is -2.38. The van der Waals surface area contributed by atoms with Crippen molar-refractivity contribution in [3.05, 3.63) is 53.3 Å². The topological polar surface area (TPSA) is 101 Å². The number of nitrogens with zero attached hydrogens (tertiary/aromatic N) is 1. The second-order valence-electron chi connectivity index (χ2n) is 5.94. The number of ether oxygens (including phenoxy) is 1. The quantitative estimate of drug-likeness (QED) is 0.646. The first kappa shape index (κ1) is 20.0. The molecule has 1 aromatic carbocycles. The van der Waals surface area contributed by atoms with E-state index in [4.69, 9.17) is 4.74 Å². The minimum absolute atomic E-state index is 0.0899. The van der Waals surface area contributed by atoms with Crippen molar-refractivity contribution >= 4 is 17.7 Å². The third-order valence-electron chi connectivity index (χ3n) is 3.79. The number of hydrogen-bond acceptors (Lipinski definition) is 4. The number of carbonyl (C=O) groups is 3. The predicted molar refractivity (Wildman–Crippen MR) is 101 cm³/mol. The minimum Gasteiger partial charge on any atom is -0.484 e. The first-order valence-corrected chi connectivity index (χ1v) is 8.63. The Morgan fingerprint density at radius 1 is 0.926 bits per heavy atom.